The first-order valence-electron chi connectivity index (χ1n) is 7.22. The van der Waals surface area contributed by atoms with Crippen LogP contribution in [0.2, 0.25) is 0 Å². The lowest BCUT2D eigenvalue weighted by atomic mass is 10.1. The molecule has 122 valence electrons. The van der Waals surface area contributed by atoms with Gasteiger partial charge >= 0.3 is 0 Å². The van der Waals surface area contributed by atoms with Crippen molar-refractivity contribution in [3.05, 3.63) is 59.7 Å². The Kier molecular flexibility index (Phi) is 5.65. The molecule has 0 heterocycles. The summed E-state index contributed by atoms with van der Waals surface area (Å²) in [7, 11) is 1.57. The highest BCUT2D eigenvalue weighted by Crippen LogP contribution is 2.15. The zero-order chi connectivity index (χ0) is 16.8. The van der Waals surface area contributed by atoms with Gasteiger partial charge in [-0.15, -0.1) is 0 Å². The second-order valence-corrected chi connectivity index (χ2v) is 5.18. The summed E-state index contributed by atoms with van der Waals surface area (Å²) in [5, 5.41) is 4.52. The lowest BCUT2D eigenvalue weighted by Gasteiger charge is -2.11. The van der Waals surface area contributed by atoms with E-state index < -0.39 is 11.6 Å². The molecule has 0 fully saturated rings. The minimum Gasteiger partial charge on any atom is -0.497 e. The van der Waals surface area contributed by atoms with E-state index in [1.165, 1.54) is 6.07 Å². The smallest absolute Gasteiger partial charge is 0.279 e. The van der Waals surface area contributed by atoms with E-state index in [4.69, 9.17) is 4.74 Å². The Balaban J connectivity index is 1.86. The van der Waals surface area contributed by atoms with E-state index in [0.29, 0.717) is 17.0 Å². The van der Waals surface area contributed by atoms with Gasteiger partial charge in [0.1, 0.15) is 11.8 Å². The number of anilines is 1. The molecule has 0 spiro atoms. The van der Waals surface area contributed by atoms with Crippen molar-refractivity contribution in [2.75, 3.05) is 19.0 Å². The molecule has 0 saturated heterocycles. The van der Waals surface area contributed by atoms with E-state index in [1.807, 2.05) is 6.92 Å². The van der Waals surface area contributed by atoms with Gasteiger partial charge in [0.05, 0.1) is 7.11 Å². The second-order valence-electron chi connectivity index (χ2n) is 5.18. The summed E-state index contributed by atoms with van der Waals surface area (Å²) in [6.07, 6.45) is 0. The topological polar surface area (TPSA) is 54.9 Å². The zero-order valence-electron chi connectivity index (χ0n) is 13.0. The molecule has 2 aromatic rings. The van der Waals surface area contributed by atoms with E-state index in [0.717, 1.165) is 12.1 Å². The monoisotopic (exact) mass is 321 g/mol. The maximum absolute atomic E-state index is 13.2. The van der Waals surface area contributed by atoms with Gasteiger partial charge in [-0.2, -0.15) is 0 Å². The summed E-state index contributed by atoms with van der Waals surface area (Å²) in [4.78, 5) is 11.9. The van der Waals surface area contributed by atoms with Crippen LogP contribution >= 0.6 is 0 Å². The van der Waals surface area contributed by atoms with Crippen LogP contribution < -0.4 is 15.4 Å². The van der Waals surface area contributed by atoms with E-state index >= 15 is 0 Å². The Bertz CT molecular complexity index is 675. The molecule has 0 aliphatic carbocycles. The van der Waals surface area contributed by atoms with Crippen LogP contribution in [0.1, 0.15) is 18.5 Å². The number of nitrogens with one attached hydrogen (secondary N) is 1. The molecule has 0 unspecified atom stereocenters. The number of quaternary nitrogens is 1. The van der Waals surface area contributed by atoms with E-state index in [1.54, 1.807) is 36.7 Å². The highest BCUT2D eigenvalue weighted by Gasteiger charge is 2.14. The predicted octanol–water partition coefficient (Wildman–Crippen LogP) is 2.24. The molecule has 0 aromatic heterocycles. The summed E-state index contributed by atoms with van der Waals surface area (Å²) in [6, 6.07) is 10.6. The van der Waals surface area contributed by atoms with E-state index in [9.17, 15) is 13.6 Å². The molecule has 0 aliphatic heterocycles. The maximum atomic E-state index is 13.2. The van der Waals surface area contributed by atoms with Crippen molar-refractivity contribution < 1.29 is 23.6 Å². The highest BCUT2D eigenvalue weighted by molar-refractivity contribution is 5.91. The van der Waals surface area contributed by atoms with Crippen LogP contribution in [-0.2, 0) is 4.79 Å². The summed E-state index contributed by atoms with van der Waals surface area (Å²) >= 11 is 0. The molecule has 0 bridgehead atoms. The van der Waals surface area contributed by atoms with Crippen molar-refractivity contribution in [1.29, 1.82) is 0 Å². The first-order chi connectivity index (χ1) is 11.0. The Morgan fingerprint density at radius 3 is 2.48 bits per heavy atom. The SMILES string of the molecule is COc1ccc(NC(=O)C[NH2+][C@H](C)c2ccc(F)c(F)c2)cc1. The molecule has 1 atom stereocenters. The number of methoxy groups -OCH3 is 1. The van der Waals surface area contributed by atoms with Gasteiger partial charge in [0, 0.05) is 11.3 Å². The lowest BCUT2D eigenvalue weighted by molar-refractivity contribution is -0.682. The fraction of sp³-hybridized carbons (Fsp3) is 0.235. The average molecular weight is 321 g/mol. The average Bonchev–Trinajstić information content (AvgIpc) is 2.56. The number of benzene rings is 2. The minimum absolute atomic E-state index is 0.160. The van der Waals surface area contributed by atoms with Crippen LogP contribution in [0.5, 0.6) is 5.75 Å². The molecular formula is C17H19F2N2O2+. The van der Waals surface area contributed by atoms with Crippen molar-refractivity contribution in [2.45, 2.75) is 13.0 Å². The fourth-order valence-corrected chi connectivity index (χ4v) is 2.10. The third-order valence-electron chi connectivity index (χ3n) is 3.50. The molecule has 4 nitrogen and oxygen atoms in total. The predicted molar refractivity (Wildman–Crippen MR) is 83.2 cm³/mol. The normalized spacial score (nSPS) is 11.8. The Hall–Kier alpha value is -2.47. The lowest BCUT2D eigenvalue weighted by Crippen LogP contribution is -2.86. The quantitative estimate of drug-likeness (QED) is 0.857. The summed E-state index contributed by atoms with van der Waals surface area (Å²) in [6.45, 7) is 2.00. The van der Waals surface area contributed by atoms with Crippen molar-refractivity contribution in [3.63, 3.8) is 0 Å². The van der Waals surface area contributed by atoms with Gasteiger partial charge < -0.3 is 15.4 Å². The molecule has 0 radical (unpaired) electrons. The number of ether oxygens (including phenoxy) is 1. The number of amides is 1. The first kappa shape index (κ1) is 16.9. The van der Waals surface area contributed by atoms with E-state index in [2.05, 4.69) is 5.32 Å². The van der Waals surface area contributed by atoms with Crippen LogP contribution in [0.3, 0.4) is 0 Å². The summed E-state index contributed by atoms with van der Waals surface area (Å²) in [5.74, 6) is -1.23. The summed E-state index contributed by atoms with van der Waals surface area (Å²) in [5.41, 5.74) is 1.30. The molecule has 3 N–H and O–H groups in total. The molecule has 0 saturated carbocycles. The summed E-state index contributed by atoms with van der Waals surface area (Å²) < 4.78 is 31.2. The van der Waals surface area contributed by atoms with Crippen molar-refractivity contribution in [2.24, 2.45) is 0 Å². The zero-order valence-corrected chi connectivity index (χ0v) is 13.0. The number of nitrogens with two attached hydrogens (primary N) is 1. The van der Waals surface area contributed by atoms with Crippen LogP contribution in [0, 0.1) is 11.6 Å². The van der Waals surface area contributed by atoms with Crippen LogP contribution in [0.4, 0.5) is 14.5 Å². The first-order valence-corrected chi connectivity index (χ1v) is 7.22. The Morgan fingerprint density at radius 2 is 1.87 bits per heavy atom. The Morgan fingerprint density at radius 1 is 1.17 bits per heavy atom. The molecule has 6 heteroatoms. The van der Waals surface area contributed by atoms with E-state index in [-0.39, 0.29) is 18.5 Å². The van der Waals surface area contributed by atoms with Gasteiger partial charge in [-0.25, -0.2) is 8.78 Å². The largest absolute Gasteiger partial charge is 0.497 e. The van der Waals surface area contributed by atoms with Crippen LogP contribution in [0.15, 0.2) is 42.5 Å². The molecule has 23 heavy (non-hydrogen) atoms. The second kappa shape index (κ2) is 7.69. The van der Waals surface area contributed by atoms with Crippen molar-refractivity contribution in [1.82, 2.24) is 0 Å². The number of carbonyl (C=O) groups excluding carboxylic acids is 1. The van der Waals surface area contributed by atoms with Gasteiger partial charge in [-0.1, -0.05) is 0 Å². The highest BCUT2D eigenvalue weighted by atomic mass is 19.2. The molecular weight excluding hydrogens is 302 g/mol. The third-order valence-corrected chi connectivity index (χ3v) is 3.50. The number of carbonyl (C=O) groups is 1. The van der Waals surface area contributed by atoms with Gasteiger partial charge in [-0.3, -0.25) is 4.79 Å². The fourth-order valence-electron chi connectivity index (χ4n) is 2.10. The van der Waals surface area contributed by atoms with Gasteiger partial charge in [-0.05, 0) is 49.4 Å². The standard InChI is InChI=1S/C17H18F2N2O2/c1-11(12-3-8-15(18)16(19)9-12)20-10-17(22)21-13-4-6-14(23-2)7-5-13/h3-9,11,20H,10H2,1-2H3,(H,21,22)/p+1/t11-/m1/s1. The minimum atomic E-state index is -0.884. The van der Waals surface area contributed by atoms with Crippen LogP contribution in [-0.4, -0.2) is 19.6 Å². The van der Waals surface area contributed by atoms with Crippen molar-refractivity contribution >= 4 is 11.6 Å². The number of rotatable bonds is 6. The molecule has 2 rings (SSSR count). The van der Waals surface area contributed by atoms with Crippen molar-refractivity contribution in [3.8, 4) is 5.75 Å². The van der Waals surface area contributed by atoms with Gasteiger partial charge in [0.25, 0.3) is 5.91 Å². The Labute approximate surface area is 133 Å². The number of hydrogen-bond donors (Lipinski definition) is 2. The molecule has 0 aliphatic rings. The molecule has 2 aromatic carbocycles. The van der Waals surface area contributed by atoms with Gasteiger partial charge in [0.2, 0.25) is 0 Å². The number of halogens is 2. The van der Waals surface area contributed by atoms with Gasteiger partial charge in [0.15, 0.2) is 18.2 Å². The number of hydrogen-bond acceptors (Lipinski definition) is 2. The van der Waals surface area contributed by atoms with Crippen LogP contribution in [0.25, 0.3) is 0 Å². The maximum Gasteiger partial charge on any atom is 0.279 e. The third kappa shape index (κ3) is 4.75. The molecule has 1 amide bonds.